The highest BCUT2D eigenvalue weighted by Gasteiger charge is 2.42. The smallest absolute Gasteiger partial charge is 0.255 e. The number of nitrogens with zero attached hydrogens (tertiary/aromatic N) is 3. The average molecular weight is 564 g/mol. The highest BCUT2D eigenvalue weighted by atomic mass is 16.5. The number of rotatable bonds is 2. The molecule has 0 saturated carbocycles. The third kappa shape index (κ3) is 6.40. The molecule has 0 aliphatic carbocycles. The molecule has 41 heavy (non-hydrogen) atoms. The monoisotopic (exact) mass is 563 g/mol. The molecule has 3 N–H and O–H groups in total. The first kappa shape index (κ1) is 28.1. The van der Waals surface area contributed by atoms with Gasteiger partial charge in [-0.1, -0.05) is 6.07 Å². The van der Waals surface area contributed by atoms with Crippen molar-refractivity contribution in [3.05, 3.63) is 48.3 Å². The van der Waals surface area contributed by atoms with Gasteiger partial charge in [-0.05, 0) is 87.6 Å². The molecule has 3 saturated heterocycles. The van der Waals surface area contributed by atoms with E-state index in [4.69, 9.17) is 9.47 Å². The molecule has 10 heteroatoms. The fourth-order valence-corrected chi connectivity index (χ4v) is 6.73. The Balaban J connectivity index is 1.29. The summed E-state index contributed by atoms with van der Waals surface area (Å²) in [5.74, 6) is 0.270. The van der Waals surface area contributed by atoms with Gasteiger partial charge in [-0.15, -0.1) is 0 Å². The van der Waals surface area contributed by atoms with E-state index in [-0.39, 0.29) is 42.6 Å². The zero-order valence-electron chi connectivity index (χ0n) is 23.7. The third-order valence-electron chi connectivity index (χ3n) is 9.13. The maximum absolute atomic E-state index is 13.7. The van der Waals surface area contributed by atoms with E-state index in [0.29, 0.717) is 50.1 Å². The Morgan fingerprint density at radius 2 is 1.80 bits per heavy atom. The van der Waals surface area contributed by atoms with Crippen LogP contribution in [0.25, 0.3) is 11.1 Å². The number of carbonyl (C=O) groups is 2. The summed E-state index contributed by atoms with van der Waals surface area (Å²) in [6.07, 6.45) is 6.78. The third-order valence-corrected chi connectivity index (χ3v) is 9.13. The molecule has 1 aromatic carbocycles. The first-order chi connectivity index (χ1) is 19.9. The molecule has 5 atom stereocenters. The summed E-state index contributed by atoms with van der Waals surface area (Å²) in [5.41, 5.74) is 2.41. The molecule has 5 heterocycles. The number of aliphatic hydroxyl groups excluding tert-OH is 1. The number of aromatic nitrogens is 1. The minimum absolute atomic E-state index is 0.0589. The van der Waals surface area contributed by atoms with Crippen LogP contribution in [-0.4, -0.2) is 108 Å². The summed E-state index contributed by atoms with van der Waals surface area (Å²) in [6.45, 7) is 3.23. The van der Waals surface area contributed by atoms with Crippen LogP contribution in [0.15, 0.2) is 42.7 Å². The number of carbonyl (C=O) groups excluding carboxylic acids is 2. The number of hydrogen-bond donors (Lipinski definition) is 3. The van der Waals surface area contributed by atoms with Gasteiger partial charge in [-0.2, -0.15) is 0 Å². The lowest BCUT2D eigenvalue weighted by Crippen LogP contribution is -2.53. The Hall–Kier alpha value is -3.05. The SMILES string of the molecule is CN1CCC(N2C[C@@H]3C[C@H]2C(=O)NC[C@H]2O[C@H](CCOc4cc(-c5ccncc5)ccc4C(=O)N3)CC[C@@H]2O)CC1. The van der Waals surface area contributed by atoms with Crippen molar-refractivity contribution in [1.82, 2.24) is 25.4 Å². The number of hydrogen-bond acceptors (Lipinski definition) is 8. The van der Waals surface area contributed by atoms with Crippen LogP contribution < -0.4 is 15.4 Å². The van der Waals surface area contributed by atoms with Gasteiger partial charge in [0, 0.05) is 44.0 Å². The second-order valence-electron chi connectivity index (χ2n) is 11.9. The lowest BCUT2D eigenvalue weighted by atomic mass is 9.99. The van der Waals surface area contributed by atoms with Gasteiger partial charge >= 0.3 is 0 Å². The van der Waals surface area contributed by atoms with E-state index in [1.54, 1.807) is 12.4 Å². The molecule has 3 fully saturated rings. The molecule has 4 bridgehead atoms. The number of ether oxygens (including phenoxy) is 2. The average Bonchev–Trinajstić information content (AvgIpc) is 3.41. The van der Waals surface area contributed by atoms with Crippen LogP contribution >= 0.6 is 0 Å². The standard InChI is InChI=1S/C31H41N5O5/c1-35-13-8-23(9-14-35)36-19-22-17-26(36)31(39)33-18-29-27(37)5-3-24(41-29)10-15-40-28-16-21(20-6-11-32-12-7-20)2-4-25(28)30(38)34-22/h2,4,6-7,11-12,16,22-24,26-27,29,37H,3,5,8-10,13-15,17-19H2,1H3,(H,33,39)(H,34,38)/t22-,24-,26-,27-,29+/m0/s1. The zero-order valence-corrected chi connectivity index (χ0v) is 23.7. The minimum atomic E-state index is -0.615. The van der Waals surface area contributed by atoms with Crippen LogP contribution in [0.5, 0.6) is 5.75 Å². The maximum Gasteiger partial charge on any atom is 0.255 e. The number of benzene rings is 1. The van der Waals surface area contributed by atoms with Gasteiger partial charge in [0.1, 0.15) is 11.9 Å². The van der Waals surface area contributed by atoms with Crippen LogP contribution in [-0.2, 0) is 9.53 Å². The summed E-state index contributed by atoms with van der Waals surface area (Å²) in [4.78, 5) is 36.0. The van der Waals surface area contributed by atoms with Crippen LogP contribution in [0.4, 0.5) is 0 Å². The fourth-order valence-electron chi connectivity index (χ4n) is 6.73. The van der Waals surface area contributed by atoms with E-state index in [1.165, 1.54) is 0 Å². The van der Waals surface area contributed by atoms with Crippen molar-refractivity contribution in [3.63, 3.8) is 0 Å². The van der Waals surface area contributed by atoms with Crippen LogP contribution in [0.1, 0.15) is 48.9 Å². The number of fused-ring (bicyclic) bond motifs is 5. The molecule has 0 unspecified atom stereocenters. The van der Waals surface area contributed by atoms with E-state index in [1.807, 2.05) is 30.3 Å². The highest BCUT2D eigenvalue weighted by Crippen LogP contribution is 2.31. The van der Waals surface area contributed by atoms with E-state index in [0.717, 1.165) is 37.1 Å². The lowest BCUT2D eigenvalue weighted by molar-refractivity contribution is -0.134. The van der Waals surface area contributed by atoms with E-state index in [9.17, 15) is 14.7 Å². The molecule has 2 aromatic rings. The molecule has 4 aliphatic rings. The quantitative estimate of drug-likeness (QED) is 0.507. The van der Waals surface area contributed by atoms with Crippen molar-refractivity contribution < 1.29 is 24.2 Å². The Morgan fingerprint density at radius 3 is 2.61 bits per heavy atom. The van der Waals surface area contributed by atoms with Crippen LogP contribution in [0.2, 0.25) is 0 Å². The van der Waals surface area contributed by atoms with Crippen molar-refractivity contribution in [2.24, 2.45) is 0 Å². The second kappa shape index (κ2) is 12.4. The zero-order chi connectivity index (χ0) is 28.3. The summed E-state index contributed by atoms with van der Waals surface area (Å²) >= 11 is 0. The number of piperidine rings is 1. The van der Waals surface area contributed by atoms with Gasteiger partial charge in [0.15, 0.2) is 0 Å². The van der Waals surface area contributed by atoms with Gasteiger partial charge in [-0.3, -0.25) is 19.5 Å². The summed E-state index contributed by atoms with van der Waals surface area (Å²) in [7, 11) is 2.13. The van der Waals surface area contributed by atoms with Crippen molar-refractivity contribution in [2.45, 2.75) is 75.0 Å². The maximum atomic E-state index is 13.7. The summed E-state index contributed by atoms with van der Waals surface area (Å²) < 4.78 is 12.5. The molecule has 4 aliphatic heterocycles. The van der Waals surface area contributed by atoms with Gasteiger partial charge in [0.2, 0.25) is 5.91 Å². The summed E-state index contributed by atoms with van der Waals surface area (Å²) in [6, 6.07) is 9.30. The first-order valence-corrected chi connectivity index (χ1v) is 15.0. The van der Waals surface area contributed by atoms with E-state index >= 15 is 0 Å². The number of amides is 2. The van der Waals surface area contributed by atoms with Crippen LogP contribution in [0, 0.1) is 0 Å². The highest BCUT2D eigenvalue weighted by molar-refractivity contribution is 5.98. The number of pyridine rings is 1. The number of nitrogens with one attached hydrogen (secondary N) is 2. The molecule has 0 radical (unpaired) electrons. The van der Waals surface area contributed by atoms with Gasteiger partial charge in [0.05, 0.1) is 30.4 Å². The molecular weight excluding hydrogens is 522 g/mol. The lowest BCUT2D eigenvalue weighted by Gasteiger charge is -2.38. The number of likely N-dealkylation sites (tertiary alicyclic amines) is 2. The molecule has 0 spiro atoms. The van der Waals surface area contributed by atoms with Gasteiger partial charge in [0.25, 0.3) is 5.91 Å². The molecular formula is C31H41N5O5. The first-order valence-electron chi connectivity index (χ1n) is 15.0. The molecule has 10 nitrogen and oxygen atoms in total. The Morgan fingerprint density at radius 1 is 1.00 bits per heavy atom. The van der Waals surface area contributed by atoms with Gasteiger partial charge < -0.3 is 30.1 Å². The fraction of sp³-hybridized carbons (Fsp3) is 0.581. The van der Waals surface area contributed by atoms with E-state index < -0.39 is 12.2 Å². The van der Waals surface area contributed by atoms with Crippen molar-refractivity contribution in [2.75, 3.05) is 39.8 Å². The second-order valence-corrected chi connectivity index (χ2v) is 11.9. The Labute approximate surface area is 241 Å². The van der Waals surface area contributed by atoms with Crippen molar-refractivity contribution in [3.8, 4) is 16.9 Å². The predicted molar refractivity (Wildman–Crippen MR) is 154 cm³/mol. The molecule has 6 rings (SSSR count). The molecule has 1 aromatic heterocycles. The Kier molecular flexibility index (Phi) is 8.52. The number of aliphatic hydroxyl groups is 1. The minimum Gasteiger partial charge on any atom is -0.493 e. The topological polar surface area (TPSA) is 116 Å². The molecule has 2 amide bonds. The Bertz CT molecular complexity index is 1220. The van der Waals surface area contributed by atoms with Crippen molar-refractivity contribution in [1.29, 1.82) is 0 Å². The summed E-state index contributed by atoms with van der Waals surface area (Å²) in [5, 5.41) is 16.9. The van der Waals surface area contributed by atoms with Crippen molar-refractivity contribution >= 4 is 11.8 Å². The largest absolute Gasteiger partial charge is 0.493 e. The van der Waals surface area contributed by atoms with Crippen LogP contribution in [0.3, 0.4) is 0 Å². The van der Waals surface area contributed by atoms with Gasteiger partial charge in [-0.25, -0.2) is 0 Å². The van der Waals surface area contributed by atoms with E-state index in [2.05, 4.69) is 32.5 Å². The normalized spacial score (nSPS) is 30.6. The predicted octanol–water partition coefficient (Wildman–Crippen LogP) is 1.82. The molecule has 220 valence electrons.